The van der Waals surface area contributed by atoms with Crippen molar-refractivity contribution in [3.05, 3.63) is 65.7 Å². The molecule has 2 heterocycles. The van der Waals surface area contributed by atoms with Gasteiger partial charge in [-0.3, -0.25) is 14.5 Å². The first-order valence-corrected chi connectivity index (χ1v) is 11.2. The van der Waals surface area contributed by atoms with Crippen LogP contribution in [-0.2, 0) is 10.3 Å². The molecular weight excluding hydrogens is 404 g/mol. The highest BCUT2D eigenvalue weighted by Gasteiger charge is 2.54. The second-order valence-corrected chi connectivity index (χ2v) is 8.41. The molecule has 7 heteroatoms. The SMILES string of the molecule is CCCOc1cccc(C2(C3CCN(C(=O)c4ccccc4)CC3)N=C(N)N(C)C2=O)c1. The molecule has 0 spiro atoms. The number of nitrogens with two attached hydrogens (primary N) is 1. The van der Waals surface area contributed by atoms with Crippen LogP contribution in [0.2, 0.25) is 0 Å². The summed E-state index contributed by atoms with van der Waals surface area (Å²) in [6.07, 6.45) is 2.22. The third-order valence-corrected chi connectivity index (χ3v) is 6.41. The van der Waals surface area contributed by atoms with Crippen LogP contribution >= 0.6 is 0 Å². The molecule has 0 aliphatic carbocycles. The fourth-order valence-electron chi connectivity index (χ4n) is 4.66. The number of piperidine rings is 1. The molecule has 32 heavy (non-hydrogen) atoms. The summed E-state index contributed by atoms with van der Waals surface area (Å²) in [4.78, 5) is 34.4. The Balaban J connectivity index is 1.61. The molecule has 168 valence electrons. The van der Waals surface area contributed by atoms with Gasteiger partial charge >= 0.3 is 0 Å². The van der Waals surface area contributed by atoms with Gasteiger partial charge in [-0.25, -0.2) is 4.99 Å². The minimum Gasteiger partial charge on any atom is -0.494 e. The van der Waals surface area contributed by atoms with Crippen LogP contribution in [0.5, 0.6) is 5.75 Å². The van der Waals surface area contributed by atoms with E-state index in [1.807, 2.05) is 59.5 Å². The molecule has 0 bridgehead atoms. The Morgan fingerprint density at radius 3 is 2.50 bits per heavy atom. The fourth-order valence-corrected chi connectivity index (χ4v) is 4.66. The lowest BCUT2D eigenvalue weighted by Gasteiger charge is -2.40. The first-order valence-electron chi connectivity index (χ1n) is 11.2. The van der Waals surface area contributed by atoms with Crippen LogP contribution in [0.25, 0.3) is 0 Å². The number of nitrogens with zero attached hydrogens (tertiary/aromatic N) is 3. The van der Waals surface area contributed by atoms with E-state index in [0.29, 0.717) is 38.1 Å². The summed E-state index contributed by atoms with van der Waals surface area (Å²) >= 11 is 0. The van der Waals surface area contributed by atoms with E-state index in [0.717, 1.165) is 17.7 Å². The highest BCUT2D eigenvalue weighted by molar-refractivity contribution is 6.07. The van der Waals surface area contributed by atoms with Crippen molar-refractivity contribution in [2.45, 2.75) is 31.7 Å². The molecular formula is C25H30N4O3. The average molecular weight is 435 g/mol. The Morgan fingerprint density at radius 2 is 1.88 bits per heavy atom. The Bertz CT molecular complexity index is 1010. The molecule has 4 rings (SSSR count). The lowest BCUT2D eigenvalue weighted by Crippen LogP contribution is -2.49. The number of likely N-dealkylation sites (N-methyl/N-ethyl adjacent to an activating group) is 1. The molecule has 1 unspecified atom stereocenters. The number of likely N-dealkylation sites (tertiary alicyclic amines) is 1. The number of aliphatic imine (C=N–C) groups is 1. The molecule has 2 aliphatic heterocycles. The second-order valence-electron chi connectivity index (χ2n) is 8.41. The van der Waals surface area contributed by atoms with Crippen molar-refractivity contribution >= 4 is 17.8 Å². The first kappa shape index (κ1) is 21.9. The molecule has 1 atom stereocenters. The lowest BCUT2D eigenvalue weighted by molar-refractivity contribution is -0.133. The van der Waals surface area contributed by atoms with Gasteiger partial charge in [0, 0.05) is 31.6 Å². The van der Waals surface area contributed by atoms with Crippen molar-refractivity contribution in [2.75, 3.05) is 26.7 Å². The minimum atomic E-state index is -1.09. The molecule has 1 saturated heterocycles. The van der Waals surface area contributed by atoms with Gasteiger partial charge in [0.05, 0.1) is 6.61 Å². The summed E-state index contributed by atoms with van der Waals surface area (Å²) in [5, 5.41) is 0. The number of carbonyl (C=O) groups is 2. The maximum Gasteiger partial charge on any atom is 0.261 e. The van der Waals surface area contributed by atoms with Gasteiger partial charge in [-0.1, -0.05) is 37.3 Å². The quantitative estimate of drug-likeness (QED) is 0.757. The van der Waals surface area contributed by atoms with E-state index in [-0.39, 0.29) is 23.7 Å². The number of carbonyl (C=O) groups excluding carboxylic acids is 2. The van der Waals surface area contributed by atoms with Gasteiger partial charge in [0.15, 0.2) is 11.5 Å². The fraction of sp³-hybridized carbons (Fsp3) is 0.400. The Kier molecular flexibility index (Phi) is 6.17. The average Bonchev–Trinajstić information content (AvgIpc) is 3.08. The summed E-state index contributed by atoms with van der Waals surface area (Å²) in [5.41, 5.74) is 6.50. The van der Waals surface area contributed by atoms with Crippen LogP contribution in [0.4, 0.5) is 0 Å². The number of amides is 2. The predicted molar refractivity (Wildman–Crippen MR) is 123 cm³/mol. The molecule has 0 aromatic heterocycles. The number of benzene rings is 2. The van der Waals surface area contributed by atoms with Crippen LogP contribution in [0, 0.1) is 5.92 Å². The number of rotatable bonds is 6. The van der Waals surface area contributed by atoms with Crippen molar-refractivity contribution in [2.24, 2.45) is 16.6 Å². The van der Waals surface area contributed by atoms with Gasteiger partial charge in [0.1, 0.15) is 5.75 Å². The van der Waals surface area contributed by atoms with Gasteiger partial charge in [0.2, 0.25) is 0 Å². The van der Waals surface area contributed by atoms with Crippen LogP contribution < -0.4 is 10.5 Å². The van der Waals surface area contributed by atoms with Crippen molar-refractivity contribution in [1.29, 1.82) is 0 Å². The zero-order valence-corrected chi connectivity index (χ0v) is 18.7. The van der Waals surface area contributed by atoms with Crippen LogP contribution in [0.3, 0.4) is 0 Å². The molecule has 2 N–H and O–H groups in total. The lowest BCUT2D eigenvalue weighted by atomic mass is 9.73. The summed E-state index contributed by atoms with van der Waals surface area (Å²) < 4.78 is 5.82. The highest BCUT2D eigenvalue weighted by Crippen LogP contribution is 2.45. The van der Waals surface area contributed by atoms with E-state index < -0.39 is 5.54 Å². The number of hydrogen-bond donors (Lipinski definition) is 1. The molecule has 0 saturated carbocycles. The highest BCUT2D eigenvalue weighted by atomic mass is 16.5. The van der Waals surface area contributed by atoms with Crippen LogP contribution in [-0.4, -0.2) is 54.3 Å². The van der Waals surface area contributed by atoms with Crippen molar-refractivity contribution in [3.63, 3.8) is 0 Å². The van der Waals surface area contributed by atoms with E-state index in [2.05, 4.69) is 6.92 Å². The maximum atomic E-state index is 13.5. The Morgan fingerprint density at radius 1 is 1.16 bits per heavy atom. The van der Waals surface area contributed by atoms with E-state index in [4.69, 9.17) is 15.5 Å². The summed E-state index contributed by atoms with van der Waals surface area (Å²) in [5.74, 6) is 0.760. The van der Waals surface area contributed by atoms with E-state index in [9.17, 15) is 9.59 Å². The Hall–Kier alpha value is -3.35. The maximum absolute atomic E-state index is 13.5. The van der Waals surface area contributed by atoms with Crippen molar-refractivity contribution < 1.29 is 14.3 Å². The van der Waals surface area contributed by atoms with E-state index in [1.54, 1.807) is 7.05 Å². The van der Waals surface area contributed by atoms with Gasteiger partial charge in [-0.2, -0.15) is 0 Å². The smallest absolute Gasteiger partial charge is 0.261 e. The van der Waals surface area contributed by atoms with E-state index >= 15 is 0 Å². The van der Waals surface area contributed by atoms with Gasteiger partial charge in [0.25, 0.3) is 11.8 Å². The molecule has 2 aliphatic rings. The topological polar surface area (TPSA) is 88.2 Å². The molecule has 0 radical (unpaired) electrons. The predicted octanol–water partition coefficient (Wildman–Crippen LogP) is 3.01. The third kappa shape index (κ3) is 3.83. The number of guanidine groups is 1. The third-order valence-electron chi connectivity index (χ3n) is 6.41. The molecule has 2 amide bonds. The summed E-state index contributed by atoms with van der Waals surface area (Å²) in [6.45, 7) is 3.79. The first-order chi connectivity index (χ1) is 15.5. The zero-order valence-electron chi connectivity index (χ0n) is 18.7. The van der Waals surface area contributed by atoms with Gasteiger partial charge in [-0.15, -0.1) is 0 Å². The molecule has 7 nitrogen and oxygen atoms in total. The molecule has 2 aromatic rings. The van der Waals surface area contributed by atoms with Crippen molar-refractivity contribution in [1.82, 2.24) is 9.80 Å². The van der Waals surface area contributed by atoms with Crippen LogP contribution in [0.1, 0.15) is 42.1 Å². The standard InChI is InChI=1S/C25H30N4O3/c1-3-16-32-21-11-7-10-20(17-21)25(23(31)28(2)24(26)27-25)19-12-14-29(15-13-19)22(30)18-8-5-4-6-9-18/h4-11,17,19H,3,12-16H2,1-2H3,(H2,26,27). The molecule has 2 aromatic carbocycles. The number of ether oxygens (including phenoxy) is 1. The number of hydrogen-bond acceptors (Lipinski definition) is 5. The minimum absolute atomic E-state index is 0.0194. The molecule has 1 fully saturated rings. The van der Waals surface area contributed by atoms with Gasteiger partial charge < -0.3 is 15.4 Å². The normalized spacial score (nSPS) is 21.6. The summed E-state index contributed by atoms with van der Waals surface area (Å²) in [6, 6.07) is 16.9. The zero-order chi connectivity index (χ0) is 22.7. The monoisotopic (exact) mass is 434 g/mol. The van der Waals surface area contributed by atoms with Gasteiger partial charge in [-0.05, 0) is 49.1 Å². The largest absolute Gasteiger partial charge is 0.494 e. The van der Waals surface area contributed by atoms with E-state index in [1.165, 1.54) is 4.90 Å². The van der Waals surface area contributed by atoms with Crippen molar-refractivity contribution in [3.8, 4) is 5.75 Å². The Labute approximate surface area is 188 Å². The van der Waals surface area contributed by atoms with Crippen LogP contribution in [0.15, 0.2) is 59.6 Å². The second kappa shape index (κ2) is 9.02. The summed E-state index contributed by atoms with van der Waals surface area (Å²) in [7, 11) is 1.66.